The maximum absolute atomic E-state index is 14.3. The third kappa shape index (κ3) is 3.25. The van der Waals surface area contributed by atoms with Gasteiger partial charge in [0.15, 0.2) is 0 Å². The highest BCUT2D eigenvalue weighted by Crippen LogP contribution is 2.34. The van der Waals surface area contributed by atoms with Crippen LogP contribution in [0.5, 0.6) is 0 Å². The third-order valence-electron chi connectivity index (χ3n) is 4.27. The molecule has 0 fully saturated rings. The summed E-state index contributed by atoms with van der Waals surface area (Å²) in [5.41, 5.74) is 0.554. The quantitative estimate of drug-likeness (QED) is 0.405. The molecule has 0 unspecified atom stereocenters. The number of halogens is 3. The van der Waals surface area contributed by atoms with E-state index in [1.165, 1.54) is 30.3 Å². The first kappa shape index (κ1) is 18.5. The number of para-hydroxylation sites is 1. The van der Waals surface area contributed by atoms with Crippen LogP contribution < -0.4 is 0 Å². The normalized spacial score (nSPS) is 11.7. The van der Waals surface area contributed by atoms with Crippen molar-refractivity contribution in [3.8, 4) is 11.3 Å². The van der Waals surface area contributed by atoms with Gasteiger partial charge in [-0.25, -0.2) is 22.2 Å². The highest BCUT2D eigenvalue weighted by molar-refractivity contribution is 7.91. The number of fused-ring (bicyclic) bond motifs is 1. The third-order valence-corrected chi connectivity index (χ3v) is 6.29. The maximum Gasteiger partial charge on any atom is 0.208 e. The largest absolute Gasteiger partial charge is 0.243 e. The predicted octanol–water partition coefficient (Wildman–Crippen LogP) is 5.67. The van der Waals surface area contributed by atoms with Crippen molar-refractivity contribution in [3.63, 3.8) is 0 Å². The molecule has 0 aliphatic rings. The first-order valence-electron chi connectivity index (χ1n) is 8.22. The van der Waals surface area contributed by atoms with Crippen LogP contribution in [0, 0.1) is 11.6 Å². The zero-order chi connectivity index (χ0) is 19.9. The van der Waals surface area contributed by atoms with E-state index in [1.807, 2.05) is 0 Å². The Morgan fingerprint density at radius 3 is 2.29 bits per heavy atom. The van der Waals surface area contributed by atoms with Crippen molar-refractivity contribution in [1.82, 2.24) is 4.98 Å². The van der Waals surface area contributed by atoms with Crippen molar-refractivity contribution in [1.29, 1.82) is 0 Å². The van der Waals surface area contributed by atoms with Gasteiger partial charge in [-0.2, -0.15) is 0 Å². The number of rotatable bonds is 3. The molecule has 0 aliphatic carbocycles. The van der Waals surface area contributed by atoms with Crippen molar-refractivity contribution >= 4 is 32.3 Å². The molecule has 0 spiro atoms. The molecule has 0 atom stereocenters. The second-order valence-electron chi connectivity index (χ2n) is 6.11. The fourth-order valence-corrected chi connectivity index (χ4v) is 4.57. The summed E-state index contributed by atoms with van der Waals surface area (Å²) in [6.07, 6.45) is 0. The molecule has 1 aromatic heterocycles. The van der Waals surface area contributed by atoms with Crippen LogP contribution in [0.2, 0.25) is 5.02 Å². The fourth-order valence-electron chi connectivity index (χ4n) is 2.93. The first-order chi connectivity index (χ1) is 13.4. The van der Waals surface area contributed by atoms with Crippen molar-refractivity contribution in [2.24, 2.45) is 0 Å². The van der Waals surface area contributed by atoms with E-state index >= 15 is 0 Å². The lowest BCUT2D eigenvalue weighted by Gasteiger charge is -2.13. The number of aromatic nitrogens is 1. The molecule has 140 valence electrons. The Kier molecular flexibility index (Phi) is 4.61. The zero-order valence-corrected chi connectivity index (χ0v) is 15.8. The zero-order valence-electron chi connectivity index (χ0n) is 14.2. The molecule has 1 heterocycles. The Morgan fingerprint density at radius 1 is 0.857 bits per heavy atom. The molecular formula is C21H12ClF2NO2S. The van der Waals surface area contributed by atoms with Gasteiger partial charge in [-0.1, -0.05) is 35.9 Å². The average Bonchev–Trinajstić information content (AvgIpc) is 2.68. The fraction of sp³-hybridized carbons (Fsp3) is 0. The van der Waals surface area contributed by atoms with Crippen LogP contribution >= 0.6 is 11.6 Å². The predicted molar refractivity (Wildman–Crippen MR) is 104 cm³/mol. The second kappa shape index (κ2) is 6.96. The smallest absolute Gasteiger partial charge is 0.208 e. The molecule has 0 bridgehead atoms. The van der Waals surface area contributed by atoms with Gasteiger partial charge in [0, 0.05) is 16.0 Å². The van der Waals surface area contributed by atoms with Crippen LogP contribution in [-0.4, -0.2) is 13.4 Å². The molecule has 3 aromatic carbocycles. The monoisotopic (exact) mass is 415 g/mol. The molecule has 4 rings (SSSR count). The van der Waals surface area contributed by atoms with Gasteiger partial charge in [0.2, 0.25) is 9.84 Å². The van der Waals surface area contributed by atoms with Crippen LogP contribution in [0.1, 0.15) is 0 Å². The lowest BCUT2D eigenvalue weighted by atomic mass is 10.1. The van der Waals surface area contributed by atoms with E-state index in [2.05, 4.69) is 4.98 Å². The van der Waals surface area contributed by atoms with Crippen LogP contribution in [0.4, 0.5) is 8.78 Å². The molecule has 7 heteroatoms. The summed E-state index contributed by atoms with van der Waals surface area (Å²) in [5, 5.41) is 0.726. The molecule has 0 aliphatic heterocycles. The Labute approximate surface area is 165 Å². The van der Waals surface area contributed by atoms with Gasteiger partial charge in [0.05, 0.1) is 15.5 Å². The highest BCUT2D eigenvalue weighted by Gasteiger charge is 2.25. The summed E-state index contributed by atoms with van der Waals surface area (Å²) in [5.74, 6) is -1.11. The van der Waals surface area contributed by atoms with Crippen LogP contribution in [-0.2, 0) is 9.84 Å². The van der Waals surface area contributed by atoms with Gasteiger partial charge in [-0.3, -0.25) is 0 Å². The van der Waals surface area contributed by atoms with E-state index < -0.39 is 21.5 Å². The lowest BCUT2D eigenvalue weighted by Crippen LogP contribution is -2.06. The van der Waals surface area contributed by atoms with Crippen molar-refractivity contribution in [2.45, 2.75) is 9.79 Å². The van der Waals surface area contributed by atoms with Crippen molar-refractivity contribution < 1.29 is 17.2 Å². The van der Waals surface area contributed by atoms with Gasteiger partial charge in [-0.15, -0.1) is 0 Å². The standard InChI is InChI=1S/C21H12ClF2NO2S/c22-15-5-1-3-13(11-15)21-19(12-14-4-2-6-18(24)20(14)25-21)28(26,27)17-9-7-16(23)8-10-17/h1-12H. The van der Waals surface area contributed by atoms with Gasteiger partial charge >= 0.3 is 0 Å². The van der Waals surface area contributed by atoms with Crippen molar-refractivity contribution in [3.05, 3.63) is 89.5 Å². The lowest BCUT2D eigenvalue weighted by molar-refractivity contribution is 0.594. The molecule has 0 amide bonds. The van der Waals surface area contributed by atoms with Crippen LogP contribution in [0.3, 0.4) is 0 Å². The Balaban J connectivity index is 2.06. The summed E-state index contributed by atoms with van der Waals surface area (Å²) in [7, 11) is -4.05. The van der Waals surface area contributed by atoms with Gasteiger partial charge in [0.1, 0.15) is 17.2 Å². The van der Waals surface area contributed by atoms with Gasteiger partial charge in [0.25, 0.3) is 0 Å². The number of benzene rings is 3. The summed E-state index contributed by atoms with van der Waals surface area (Å²) < 4.78 is 54.1. The van der Waals surface area contributed by atoms with E-state index in [4.69, 9.17) is 11.6 Å². The van der Waals surface area contributed by atoms with Crippen molar-refractivity contribution in [2.75, 3.05) is 0 Å². The minimum atomic E-state index is -4.05. The summed E-state index contributed by atoms with van der Waals surface area (Å²) in [6.45, 7) is 0. The number of hydrogen-bond donors (Lipinski definition) is 0. The maximum atomic E-state index is 14.3. The number of sulfone groups is 1. The molecule has 3 nitrogen and oxygen atoms in total. The van der Waals surface area contributed by atoms with E-state index in [0.717, 1.165) is 12.1 Å². The second-order valence-corrected chi connectivity index (χ2v) is 8.47. The Morgan fingerprint density at radius 2 is 1.57 bits per heavy atom. The van der Waals surface area contributed by atoms with Gasteiger partial charge < -0.3 is 0 Å². The first-order valence-corrected chi connectivity index (χ1v) is 10.1. The number of pyridine rings is 1. The van der Waals surface area contributed by atoms with E-state index in [-0.39, 0.29) is 21.0 Å². The Bertz CT molecular complexity index is 1310. The highest BCUT2D eigenvalue weighted by atomic mass is 35.5. The summed E-state index contributed by atoms with van der Waals surface area (Å²) >= 11 is 6.05. The number of nitrogens with zero attached hydrogens (tertiary/aromatic N) is 1. The minimum absolute atomic E-state index is 0.0514. The molecular weight excluding hydrogens is 404 g/mol. The SMILES string of the molecule is O=S(=O)(c1ccc(F)cc1)c1cc2cccc(F)c2nc1-c1cccc(Cl)c1. The summed E-state index contributed by atoms with van der Waals surface area (Å²) in [4.78, 5) is 4.11. The van der Waals surface area contributed by atoms with Gasteiger partial charge in [-0.05, 0) is 48.5 Å². The minimum Gasteiger partial charge on any atom is -0.243 e. The molecule has 4 aromatic rings. The Hall–Kier alpha value is -2.83. The van der Waals surface area contributed by atoms with E-state index in [9.17, 15) is 17.2 Å². The molecule has 0 radical (unpaired) electrons. The molecule has 0 saturated carbocycles. The van der Waals surface area contributed by atoms with Crippen LogP contribution in [0.25, 0.3) is 22.2 Å². The van der Waals surface area contributed by atoms with Crippen LogP contribution in [0.15, 0.2) is 82.6 Å². The van der Waals surface area contributed by atoms with E-state index in [0.29, 0.717) is 16.0 Å². The molecule has 0 N–H and O–H groups in total. The van der Waals surface area contributed by atoms with E-state index in [1.54, 1.807) is 30.3 Å². The molecule has 28 heavy (non-hydrogen) atoms. The average molecular weight is 416 g/mol. The topological polar surface area (TPSA) is 47.0 Å². The molecule has 0 saturated heterocycles. The number of hydrogen-bond acceptors (Lipinski definition) is 3. The summed E-state index contributed by atoms with van der Waals surface area (Å²) in [6, 6.07) is 16.7.